The number of thiazole rings is 1. The molecule has 0 aliphatic rings. The summed E-state index contributed by atoms with van der Waals surface area (Å²) in [5.41, 5.74) is 2.30. The number of halogens is 1. The summed E-state index contributed by atoms with van der Waals surface area (Å²) in [6, 6.07) is 9.63. The van der Waals surface area contributed by atoms with Crippen LogP contribution >= 0.6 is 22.9 Å². The third-order valence-corrected chi connectivity index (χ3v) is 6.09. The van der Waals surface area contributed by atoms with Crippen molar-refractivity contribution < 1.29 is 14.7 Å². The molecule has 0 bridgehead atoms. The number of hydrogen-bond donors (Lipinski definition) is 1. The van der Waals surface area contributed by atoms with Crippen molar-refractivity contribution in [3.63, 3.8) is 0 Å². The number of amides is 1. The fourth-order valence-corrected chi connectivity index (χ4v) is 4.73. The van der Waals surface area contributed by atoms with E-state index in [1.165, 1.54) is 35.6 Å². The van der Waals surface area contributed by atoms with Crippen molar-refractivity contribution in [3.05, 3.63) is 76.8 Å². The molecule has 0 saturated carbocycles. The summed E-state index contributed by atoms with van der Waals surface area (Å²) < 4.78 is 2.86. The molecule has 2 aromatic heterocycles. The van der Waals surface area contributed by atoms with E-state index in [4.69, 9.17) is 21.7 Å². The van der Waals surface area contributed by atoms with Gasteiger partial charge >= 0.3 is 5.97 Å². The highest BCUT2D eigenvalue weighted by atomic mass is 35.5. The Kier molecular flexibility index (Phi) is 6.01. The number of hydrogen-bond acceptors (Lipinski definition) is 5. The van der Waals surface area contributed by atoms with Crippen molar-refractivity contribution in [2.75, 3.05) is 11.4 Å². The maximum absolute atomic E-state index is 13.3. The normalized spacial score (nSPS) is 11.0. The monoisotopic (exact) mass is 454 g/mol. The Hall–Kier alpha value is -3.23. The van der Waals surface area contributed by atoms with Crippen LogP contribution in [0.3, 0.4) is 0 Å². The lowest BCUT2D eigenvalue weighted by Gasteiger charge is -2.20. The molecule has 9 heteroatoms. The quantitative estimate of drug-likeness (QED) is 0.429. The van der Waals surface area contributed by atoms with Crippen LogP contribution in [0.2, 0.25) is 5.02 Å². The summed E-state index contributed by atoms with van der Waals surface area (Å²) in [5, 5.41) is 10.3. The van der Waals surface area contributed by atoms with Gasteiger partial charge in [0.15, 0.2) is 5.13 Å². The number of carbonyl (C=O) groups is 2. The van der Waals surface area contributed by atoms with E-state index < -0.39 is 5.97 Å². The van der Waals surface area contributed by atoms with E-state index in [2.05, 4.69) is 4.98 Å². The number of rotatable bonds is 7. The number of aromatic carboxylic acids is 1. The van der Waals surface area contributed by atoms with Gasteiger partial charge in [-0.1, -0.05) is 22.9 Å². The Labute approximate surface area is 187 Å². The molecule has 0 atom stereocenters. The van der Waals surface area contributed by atoms with Crippen LogP contribution in [0.1, 0.15) is 32.7 Å². The van der Waals surface area contributed by atoms with Crippen molar-refractivity contribution in [3.8, 4) is 0 Å². The average molecular weight is 455 g/mol. The van der Waals surface area contributed by atoms with Gasteiger partial charge in [-0.25, -0.2) is 14.8 Å². The van der Waals surface area contributed by atoms with E-state index in [1.807, 2.05) is 29.8 Å². The highest BCUT2D eigenvalue weighted by molar-refractivity contribution is 7.22. The molecule has 1 amide bonds. The Bertz CT molecular complexity index is 1240. The first-order valence-electron chi connectivity index (χ1n) is 9.60. The molecule has 0 unspecified atom stereocenters. The third kappa shape index (κ3) is 4.60. The van der Waals surface area contributed by atoms with Crippen LogP contribution in [0.5, 0.6) is 0 Å². The molecule has 4 aromatic rings. The van der Waals surface area contributed by atoms with Crippen LogP contribution in [0.15, 0.2) is 55.1 Å². The van der Waals surface area contributed by atoms with Gasteiger partial charge in [0.2, 0.25) is 0 Å². The van der Waals surface area contributed by atoms with E-state index >= 15 is 0 Å². The first-order chi connectivity index (χ1) is 14.9. The minimum Gasteiger partial charge on any atom is -0.478 e. The van der Waals surface area contributed by atoms with E-state index in [0.717, 1.165) is 15.8 Å². The number of anilines is 1. The predicted octanol–water partition coefficient (Wildman–Crippen LogP) is 4.89. The second kappa shape index (κ2) is 8.87. The van der Waals surface area contributed by atoms with Crippen LogP contribution in [-0.2, 0) is 6.54 Å². The zero-order valence-corrected chi connectivity index (χ0v) is 18.2. The summed E-state index contributed by atoms with van der Waals surface area (Å²) in [6.07, 6.45) is 6.03. The van der Waals surface area contributed by atoms with Gasteiger partial charge in [0.1, 0.15) is 0 Å². The standard InChI is InChI=1S/C22H19ClN4O3S/c1-14-11-17(23)12-18-19(14)25-22(31-18)27(9-2-8-26-10-7-24-13-26)20(28)15-3-5-16(6-4-15)21(29)30/h3-7,10-13H,2,8-9H2,1H3,(H,29,30). The Morgan fingerprint density at radius 2 is 1.94 bits per heavy atom. The molecule has 0 aliphatic heterocycles. The lowest BCUT2D eigenvalue weighted by Crippen LogP contribution is -2.32. The first kappa shape index (κ1) is 21.0. The van der Waals surface area contributed by atoms with Gasteiger partial charge in [-0.2, -0.15) is 0 Å². The lowest BCUT2D eigenvalue weighted by molar-refractivity contribution is 0.0696. The smallest absolute Gasteiger partial charge is 0.335 e. The molecule has 2 heterocycles. The van der Waals surface area contributed by atoms with Crippen molar-refractivity contribution in [2.45, 2.75) is 19.9 Å². The molecule has 0 fully saturated rings. The van der Waals surface area contributed by atoms with Gasteiger partial charge in [0.05, 0.1) is 22.1 Å². The molecule has 0 radical (unpaired) electrons. The number of carbonyl (C=O) groups excluding carboxylic acids is 1. The van der Waals surface area contributed by atoms with Gasteiger partial charge in [0, 0.05) is 36.1 Å². The summed E-state index contributed by atoms with van der Waals surface area (Å²) in [7, 11) is 0. The lowest BCUT2D eigenvalue weighted by atomic mass is 10.1. The number of carboxylic acids is 1. The molecule has 0 saturated heterocycles. The van der Waals surface area contributed by atoms with Crippen LogP contribution in [0.4, 0.5) is 5.13 Å². The molecule has 158 valence electrons. The molecule has 0 spiro atoms. The van der Waals surface area contributed by atoms with E-state index in [-0.39, 0.29) is 11.5 Å². The topological polar surface area (TPSA) is 88.3 Å². The van der Waals surface area contributed by atoms with Gasteiger partial charge in [-0.05, 0) is 55.3 Å². The molecule has 2 aromatic carbocycles. The second-order valence-electron chi connectivity index (χ2n) is 7.06. The summed E-state index contributed by atoms with van der Waals surface area (Å²) in [4.78, 5) is 34.9. The van der Waals surface area contributed by atoms with Gasteiger partial charge < -0.3 is 9.67 Å². The number of benzene rings is 2. The Balaban J connectivity index is 1.65. The summed E-state index contributed by atoms with van der Waals surface area (Å²) in [6.45, 7) is 3.09. The highest BCUT2D eigenvalue weighted by Crippen LogP contribution is 2.33. The minimum atomic E-state index is -1.03. The van der Waals surface area contributed by atoms with Gasteiger partial charge in [-0.15, -0.1) is 0 Å². The van der Waals surface area contributed by atoms with E-state index in [9.17, 15) is 9.59 Å². The number of nitrogens with zero attached hydrogens (tertiary/aromatic N) is 4. The Morgan fingerprint density at radius 3 is 2.61 bits per heavy atom. The first-order valence-corrected chi connectivity index (χ1v) is 10.8. The minimum absolute atomic E-state index is 0.133. The molecule has 1 N–H and O–H groups in total. The van der Waals surface area contributed by atoms with Crippen molar-refractivity contribution >= 4 is 50.2 Å². The van der Waals surface area contributed by atoms with Crippen LogP contribution in [0.25, 0.3) is 10.2 Å². The SMILES string of the molecule is Cc1cc(Cl)cc2sc(N(CCCn3ccnc3)C(=O)c3ccc(C(=O)O)cc3)nc12. The summed E-state index contributed by atoms with van der Waals surface area (Å²) >= 11 is 7.60. The van der Waals surface area contributed by atoms with E-state index in [1.54, 1.807) is 17.4 Å². The molecule has 4 rings (SSSR count). The number of aryl methyl sites for hydroxylation is 2. The Morgan fingerprint density at radius 1 is 1.19 bits per heavy atom. The maximum atomic E-state index is 13.3. The zero-order chi connectivity index (χ0) is 22.0. The van der Waals surface area contributed by atoms with Crippen LogP contribution in [0, 0.1) is 6.92 Å². The fraction of sp³-hybridized carbons (Fsp3) is 0.182. The van der Waals surface area contributed by atoms with Crippen molar-refractivity contribution in [1.29, 1.82) is 0 Å². The van der Waals surface area contributed by atoms with E-state index in [0.29, 0.717) is 35.2 Å². The van der Waals surface area contributed by atoms with Crippen molar-refractivity contribution in [2.24, 2.45) is 0 Å². The number of carboxylic acid groups (broad SMARTS) is 1. The van der Waals surface area contributed by atoms with Crippen LogP contribution < -0.4 is 4.90 Å². The molecule has 0 aliphatic carbocycles. The average Bonchev–Trinajstić information content (AvgIpc) is 3.40. The van der Waals surface area contributed by atoms with Gasteiger partial charge in [0.25, 0.3) is 5.91 Å². The molecular weight excluding hydrogens is 436 g/mol. The molecular formula is C22H19ClN4O3S. The predicted molar refractivity (Wildman–Crippen MR) is 121 cm³/mol. The van der Waals surface area contributed by atoms with Crippen LogP contribution in [-0.4, -0.2) is 38.1 Å². The van der Waals surface area contributed by atoms with Gasteiger partial charge in [-0.3, -0.25) is 9.69 Å². The largest absolute Gasteiger partial charge is 0.478 e. The van der Waals surface area contributed by atoms with Crippen molar-refractivity contribution in [1.82, 2.24) is 14.5 Å². The molecule has 31 heavy (non-hydrogen) atoms. The fourth-order valence-electron chi connectivity index (χ4n) is 3.28. The number of aromatic nitrogens is 3. The second-order valence-corrected chi connectivity index (χ2v) is 8.50. The maximum Gasteiger partial charge on any atom is 0.335 e. The number of imidazole rings is 1. The summed E-state index contributed by atoms with van der Waals surface area (Å²) in [5.74, 6) is -1.26. The third-order valence-electron chi connectivity index (χ3n) is 4.85. The highest BCUT2D eigenvalue weighted by Gasteiger charge is 2.22. The number of fused-ring (bicyclic) bond motifs is 1. The zero-order valence-electron chi connectivity index (χ0n) is 16.7. The molecule has 7 nitrogen and oxygen atoms in total.